The van der Waals surface area contributed by atoms with Crippen LogP contribution in [0.25, 0.3) is 0 Å². The predicted octanol–water partition coefficient (Wildman–Crippen LogP) is 6.38. The molecular formula is C31H34ClNO5. The monoisotopic (exact) mass is 535 g/mol. The average Bonchev–Trinajstić information content (AvgIpc) is 2.93. The van der Waals surface area contributed by atoms with Gasteiger partial charge < -0.3 is 19.1 Å². The Kier molecular flexibility index (Phi) is 8.20. The van der Waals surface area contributed by atoms with Crippen LogP contribution in [0.3, 0.4) is 0 Å². The molecule has 6 nitrogen and oxygen atoms in total. The Bertz CT molecular complexity index is 1240. The second kappa shape index (κ2) is 11.7. The summed E-state index contributed by atoms with van der Waals surface area (Å²) in [5.74, 6) is 0.706. The molecule has 0 atom stereocenters. The Balaban J connectivity index is 1.58. The quantitative estimate of drug-likeness (QED) is 0.347. The third-order valence-corrected chi connectivity index (χ3v) is 7.91. The Hall–Kier alpha value is -3.09. The van der Waals surface area contributed by atoms with Crippen LogP contribution in [-0.4, -0.2) is 43.8 Å². The van der Waals surface area contributed by atoms with Gasteiger partial charge in [-0.15, -0.1) is 0 Å². The van der Waals surface area contributed by atoms with Gasteiger partial charge in [0, 0.05) is 61.6 Å². The van der Waals surface area contributed by atoms with Crippen LogP contribution in [0, 0.1) is 0 Å². The average molecular weight is 536 g/mol. The van der Waals surface area contributed by atoms with Crippen molar-refractivity contribution in [2.45, 2.75) is 57.5 Å². The number of ether oxygens (including phenoxy) is 3. The number of ketones is 2. The maximum atomic E-state index is 13.5. The summed E-state index contributed by atoms with van der Waals surface area (Å²) in [6, 6.07) is 13.6. The molecule has 0 bridgehead atoms. The highest BCUT2D eigenvalue weighted by molar-refractivity contribution is 6.32. The van der Waals surface area contributed by atoms with Crippen molar-refractivity contribution >= 4 is 23.2 Å². The summed E-state index contributed by atoms with van der Waals surface area (Å²) < 4.78 is 17.1. The molecule has 2 aliphatic carbocycles. The summed E-state index contributed by atoms with van der Waals surface area (Å²) in [4.78, 5) is 29.3. The number of rotatable bonds is 9. The molecule has 0 fully saturated rings. The highest BCUT2D eigenvalue weighted by Crippen LogP contribution is 2.51. The Labute approximate surface area is 229 Å². The molecule has 0 aromatic heterocycles. The number of benzene rings is 2. The molecule has 38 heavy (non-hydrogen) atoms. The van der Waals surface area contributed by atoms with Gasteiger partial charge in [-0.2, -0.15) is 0 Å². The minimum Gasteiger partial charge on any atom is -0.493 e. The zero-order chi connectivity index (χ0) is 26.6. The lowest BCUT2D eigenvalue weighted by molar-refractivity contribution is -0.117. The molecule has 200 valence electrons. The van der Waals surface area contributed by atoms with Crippen LogP contribution in [-0.2, 0) is 20.9 Å². The molecule has 3 aliphatic rings. The molecule has 0 N–H and O–H groups in total. The van der Waals surface area contributed by atoms with Crippen molar-refractivity contribution in [3.63, 3.8) is 0 Å². The minimum absolute atomic E-state index is 0.109. The van der Waals surface area contributed by atoms with Crippen molar-refractivity contribution in [3.8, 4) is 11.5 Å². The van der Waals surface area contributed by atoms with Crippen LogP contribution in [0.2, 0.25) is 5.02 Å². The number of hydrogen-bond acceptors (Lipinski definition) is 6. The maximum absolute atomic E-state index is 13.5. The Morgan fingerprint density at radius 2 is 1.58 bits per heavy atom. The summed E-state index contributed by atoms with van der Waals surface area (Å²) >= 11 is 6.80. The van der Waals surface area contributed by atoms with Crippen molar-refractivity contribution in [3.05, 3.63) is 81.2 Å². The molecule has 0 spiro atoms. The standard InChI is InChI=1S/C31H34ClNO5/c1-36-16-8-15-33-23-11-6-13-25(34)29(23)28(30-24(33)12-7-14-26(30)35)21-17-22(32)31(27(18-21)37-2)38-19-20-9-4-3-5-10-20/h3-5,9-10,17-18,28H,6-8,11-16,19H2,1-2H3. The van der Waals surface area contributed by atoms with Gasteiger partial charge in [-0.05, 0) is 55.4 Å². The molecule has 0 unspecified atom stereocenters. The van der Waals surface area contributed by atoms with Gasteiger partial charge >= 0.3 is 0 Å². The summed E-state index contributed by atoms with van der Waals surface area (Å²) in [6.07, 6.45) is 5.07. The SMILES string of the molecule is COCCCN1C2=C(C(=O)CCC2)C(c2cc(Cl)c(OCc3ccccc3)c(OC)c2)C2=C1CCCC2=O. The van der Waals surface area contributed by atoms with Crippen LogP contribution in [0.4, 0.5) is 0 Å². The molecule has 0 saturated carbocycles. The summed E-state index contributed by atoms with van der Waals surface area (Å²) in [6.45, 7) is 1.71. The zero-order valence-electron chi connectivity index (χ0n) is 22.1. The van der Waals surface area contributed by atoms with Crippen molar-refractivity contribution in [1.29, 1.82) is 0 Å². The fraction of sp³-hybridized carbons (Fsp3) is 0.419. The van der Waals surface area contributed by atoms with E-state index in [-0.39, 0.29) is 11.6 Å². The van der Waals surface area contributed by atoms with Crippen LogP contribution in [0.1, 0.15) is 62.0 Å². The molecule has 5 rings (SSSR count). The van der Waals surface area contributed by atoms with E-state index in [1.54, 1.807) is 14.2 Å². The van der Waals surface area contributed by atoms with Crippen molar-refractivity contribution in [2.24, 2.45) is 0 Å². The number of halogens is 1. The van der Waals surface area contributed by atoms with E-state index in [2.05, 4.69) is 4.90 Å². The summed E-state index contributed by atoms with van der Waals surface area (Å²) in [7, 11) is 3.27. The fourth-order valence-electron chi connectivity index (χ4n) is 5.96. The molecule has 7 heteroatoms. The van der Waals surface area contributed by atoms with Gasteiger partial charge in [-0.3, -0.25) is 9.59 Å². The molecule has 1 aliphatic heterocycles. The van der Waals surface area contributed by atoms with Crippen LogP contribution >= 0.6 is 11.6 Å². The highest BCUT2D eigenvalue weighted by Gasteiger charge is 2.43. The predicted molar refractivity (Wildman–Crippen MR) is 146 cm³/mol. The first-order chi connectivity index (χ1) is 18.5. The number of nitrogens with zero attached hydrogens (tertiary/aromatic N) is 1. The summed E-state index contributed by atoms with van der Waals surface area (Å²) in [5.41, 5.74) is 5.38. The van der Waals surface area contributed by atoms with E-state index in [9.17, 15) is 9.59 Å². The Morgan fingerprint density at radius 3 is 2.18 bits per heavy atom. The van der Waals surface area contributed by atoms with E-state index in [4.69, 9.17) is 25.8 Å². The molecule has 0 saturated heterocycles. The van der Waals surface area contributed by atoms with Crippen LogP contribution in [0.15, 0.2) is 65.0 Å². The lowest BCUT2D eigenvalue weighted by Gasteiger charge is -2.44. The van der Waals surface area contributed by atoms with Crippen LogP contribution in [0.5, 0.6) is 11.5 Å². The number of carbonyl (C=O) groups excluding carboxylic acids is 2. The third-order valence-electron chi connectivity index (χ3n) is 7.63. The van der Waals surface area contributed by atoms with E-state index in [0.717, 1.165) is 72.3 Å². The maximum Gasteiger partial charge on any atom is 0.180 e. The first kappa shape index (κ1) is 26.5. The molecular weight excluding hydrogens is 502 g/mol. The smallest absolute Gasteiger partial charge is 0.180 e. The number of Topliss-reactive ketones (excluding diaryl/α,β-unsaturated/α-hetero) is 2. The number of hydrogen-bond donors (Lipinski definition) is 0. The molecule has 2 aromatic rings. The van der Waals surface area contributed by atoms with Crippen molar-refractivity contribution in [1.82, 2.24) is 4.90 Å². The van der Waals surface area contributed by atoms with Gasteiger partial charge in [0.25, 0.3) is 0 Å². The normalized spacial score (nSPS) is 18.0. The van der Waals surface area contributed by atoms with Crippen molar-refractivity contribution < 1.29 is 23.8 Å². The van der Waals surface area contributed by atoms with Crippen molar-refractivity contribution in [2.75, 3.05) is 27.4 Å². The number of methoxy groups -OCH3 is 2. The van der Waals surface area contributed by atoms with Gasteiger partial charge in [-0.1, -0.05) is 41.9 Å². The topological polar surface area (TPSA) is 65.1 Å². The van der Waals surface area contributed by atoms with Gasteiger partial charge in [0.2, 0.25) is 0 Å². The lowest BCUT2D eigenvalue weighted by atomic mass is 9.71. The highest BCUT2D eigenvalue weighted by atomic mass is 35.5. The van der Waals surface area contributed by atoms with Gasteiger partial charge in [0.15, 0.2) is 23.1 Å². The Morgan fingerprint density at radius 1 is 0.921 bits per heavy atom. The lowest BCUT2D eigenvalue weighted by Crippen LogP contribution is -2.39. The molecule has 0 radical (unpaired) electrons. The van der Waals surface area contributed by atoms with E-state index >= 15 is 0 Å². The minimum atomic E-state index is -0.450. The van der Waals surface area contributed by atoms with E-state index < -0.39 is 5.92 Å². The van der Waals surface area contributed by atoms with Gasteiger partial charge in [0.05, 0.1) is 12.1 Å². The van der Waals surface area contributed by atoms with E-state index in [1.165, 1.54) is 0 Å². The number of allylic oxidation sites excluding steroid dienone is 4. The van der Waals surface area contributed by atoms with Gasteiger partial charge in [0.1, 0.15) is 6.61 Å². The largest absolute Gasteiger partial charge is 0.493 e. The van der Waals surface area contributed by atoms with E-state index in [0.29, 0.717) is 42.6 Å². The first-order valence-electron chi connectivity index (χ1n) is 13.4. The first-order valence-corrected chi connectivity index (χ1v) is 13.7. The fourth-order valence-corrected chi connectivity index (χ4v) is 6.24. The van der Waals surface area contributed by atoms with E-state index in [1.807, 2.05) is 42.5 Å². The summed E-state index contributed by atoms with van der Waals surface area (Å²) in [5, 5.41) is 0.397. The second-order valence-corrected chi connectivity index (χ2v) is 10.4. The molecule has 0 amide bonds. The molecule has 2 aromatic carbocycles. The third kappa shape index (κ3) is 5.12. The molecule has 1 heterocycles. The second-order valence-electron chi connectivity index (χ2n) is 10.0. The number of carbonyl (C=O) groups is 2. The van der Waals surface area contributed by atoms with Gasteiger partial charge in [-0.25, -0.2) is 0 Å². The zero-order valence-corrected chi connectivity index (χ0v) is 22.8. The van der Waals surface area contributed by atoms with Crippen LogP contribution < -0.4 is 9.47 Å².